The van der Waals surface area contributed by atoms with Gasteiger partial charge in [-0.15, -0.1) is 5.10 Å². The first kappa shape index (κ1) is 15.2. The van der Waals surface area contributed by atoms with E-state index in [0.29, 0.717) is 27.2 Å². The van der Waals surface area contributed by atoms with Crippen LogP contribution < -0.4 is 10.5 Å². The Balaban J connectivity index is 2.17. The molecule has 0 radical (unpaired) electrons. The summed E-state index contributed by atoms with van der Waals surface area (Å²) in [6, 6.07) is 5.05. The number of amidine groups is 1. The number of halogens is 2. The monoisotopic (exact) mass is 323 g/mol. The van der Waals surface area contributed by atoms with Gasteiger partial charge in [0.25, 0.3) is 0 Å². The number of rotatable bonds is 4. The highest BCUT2D eigenvalue weighted by molar-refractivity contribution is 6.36. The number of nitrogens with two attached hydrogens (primary N) is 1. The molecule has 0 saturated carbocycles. The van der Waals surface area contributed by atoms with Gasteiger partial charge >= 0.3 is 0 Å². The summed E-state index contributed by atoms with van der Waals surface area (Å²) in [5, 5.41) is 8.73. The molecule has 0 aliphatic heterocycles. The van der Waals surface area contributed by atoms with Gasteiger partial charge in [0.1, 0.15) is 5.69 Å². The average molecular weight is 324 g/mol. The van der Waals surface area contributed by atoms with Crippen molar-refractivity contribution in [2.75, 3.05) is 7.11 Å². The van der Waals surface area contributed by atoms with Gasteiger partial charge in [0.2, 0.25) is 5.88 Å². The van der Waals surface area contributed by atoms with Crippen molar-refractivity contribution in [2.45, 2.75) is 0 Å². The number of methoxy groups -OCH3 is 1. The Kier molecular flexibility index (Phi) is 5.08. The fourth-order valence-electron chi connectivity index (χ4n) is 1.38. The lowest BCUT2D eigenvalue weighted by Gasteiger charge is -2.00. The summed E-state index contributed by atoms with van der Waals surface area (Å²) < 4.78 is 4.95. The first-order chi connectivity index (χ1) is 10.1. The molecule has 0 atom stereocenters. The smallest absolute Gasteiger partial charge is 0.232 e. The van der Waals surface area contributed by atoms with Crippen molar-refractivity contribution in [3.63, 3.8) is 0 Å². The number of hydrogen-bond acceptors (Lipinski definition) is 5. The van der Waals surface area contributed by atoms with E-state index in [1.807, 2.05) is 0 Å². The first-order valence-corrected chi connectivity index (χ1v) is 6.53. The van der Waals surface area contributed by atoms with Gasteiger partial charge in [-0.2, -0.15) is 5.10 Å². The second-order valence-electron chi connectivity index (χ2n) is 3.84. The van der Waals surface area contributed by atoms with E-state index in [2.05, 4.69) is 20.2 Å². The maximum atomic E-state index is 6.01. The molecule has 6 nitrogen and oxygen atoms in total. The molecule has 0 aliphatic carbocycles. The Morgan fingerprint density at radius 3 is 2.86 bits per heavy atom. The molecule has 1 aromatic heterocycles. The van der Waals surface area contributed by atoms with Crippen LogP contribution in [-0.4, -0.2) is 29.1 Å². The van der Waals surface area contributed by atoms with E-state index in [4.69, 9.17) is 33.7 Å². The molecule has 2 N–H and O–H groups in total. The predicted molar refractivity (Wildman–Crippen MR) is 83.4 cm³/mol. The quantitative estimate of drug-likeness (QED) is 0.532. The van der Waals surface area contributed by atoms with E-state index < -0.39 is 0 Å². The molecule has 0 aliphatic rings. The zero-order chi connectivity index (χ0) is 15.2. The van der Waals surface area contributed by atoms with Crippen LogP contribution in [0.5, 0.6) is 5.88 Å². The van der Waals surface area contributed by atoms with Crippen LogP contribution in [0.15, 0.2) is 40.8 Å². The van der Waals surface area contributed by atoms with Crippen LogP contribution in [0.1, 0.15) is 11.3 Å². The molecule has 2 rings (SSSR count). The zero-order valence-corrected chi connectivity index (χ0v) is 12.5. The van der Waals surface area contributed by atoms with Gasteiger partial charge in [-0.25, -0.2) is 4.98 Å². The number of nitrogens with zero attached hydrogens (tertiary/aromatic N) is 4. The lowest BCUT2D eigenvalue weighted by Crippen LogP contribution is -2.15. The van der Waals surface area contributed by atoms with Crippen LogP contribution in [0.2, 0.25) is 10.0 Å². The molecule has 21 heavy (non-hydrogen) atoms. The molecule has 108 valence electrons. The van der Waals surface area contributed by atoms with Gasteiger partial charge in [0.15, 0.2) is 5.84 Å². The fourth-order valence-corrected chi connectivity index (χ4v) is 1.84. The molecule has 0 unspecified atom stereocenters. The van der Waals surface area contributed by atoms with E-state index >= 15 is 0 Å². The second kappa shape index (κ2) is 7.01. The van der Waals surface area contributed by atoms with Crippen molar-refractivity contribution >= 4 is 35.3 Å². The summed E-state index contributed by atoms with van der Waals surface area (Å²) in [5.74, 6) is 0.457. The van der Waals surface area contributed by atoms with Gasteiger partial charge in [0, 0.05) is 10.6 Å². The summed E-state index contributed by atoms with van der Waals surface area (Å²) in [6.45, 7) is 0. The van der Waals surface area contributed by atoms with Gasteiger partial charge in [-0.1, -0.05) is 29.3 Å². The van der Waals surface area contributed by atoms with Crippen LogP contribution in [-0.2, 0) is 0 Å². The fraction of sp³-hybridized carbons (Fsp3) is 0.0769. The van der Waals surface area contributed by atoms with Crippen molar-refractivity contribution in [2.24, 2.45) is 15.9 Å². The number of benzene rings is 1. The standard InChI is InChI=1S/C13H11Cl2N5O/c1-21-12-7-17-6-11(19-12)13(16)20-18-5-8-2-3-9(14)4-10(8)15/h2-7H,1H3,(H2,16,20)/b18-5+. The molecule has 0 bridgehead atoms. The molecule has 0 saturated heterocycles. The summed E-state index contributed by atoms with van der Waals surface area (Å²) in [6.07, 6.45) is 4.40. The summed E-state index contributed by atoms with van der Waals surface area (Å²) in [4.78, 5) is 8.02. The maximum Gasteiger partial charge on any atom is 0.232 e. The van der Waals surface area contributed by atoms with Crippen molar-refractivity contribution < 1.29 is 4.74 Å². The Bertz CT molecular complexity index is 703. The van der Waals surface area contributed by atoms with Crippen LogP contribution in [0.25, 0.3) is 0 Å². The Labute approximate surface area is 131 Å². The van der Waals surface area contributed by atoms with Gasteiger partial charge in [-0.05, 0) is 12.1 Å². The average Bonchev–Trinajstić information content (AvgIpc) is 2.49. The minimum absolute atomic E-state index is 0.114. The normalized spacial score (nSPS) is 11.9. The molecular weight excluding hydrogens is 313 g/mol. The first-order valence-electron chi connectivity index (χ1n) is 5.78. The predicted octanol–water partition coefficient (Wildman–Crippen LogP) is 2.53. The third kappa shape index (κ3) is 4.14. The van der Waals surface area contributed by atoms with Crippen LogP contribution in [0.3, 0.4) is 0 Å². The van der Waals surface area contributed by atoms with Crippen molar-refractivity contribution in [1.82, 2.24) is 9.97 Å². The van der Waals surface area contributed by atoms with Crippen molar-refractivity contribution in [3.05, 3.63) is 51.9 Å². The second-order valence-corrected chi connectivity index (χ2v) is 4.69. The molecule has 0 spiro atoms. The number of hydrogen-bond donors (Lipinski definition) is 1. The Morgan fingerprint density at radius 2 is 2.14 bits per heavy atom. The lowest BCUT2D eigenvalue weighted by atomic mass is 10.2. The third-order valence-electron chi connectivity index (χ3n) is 2.41. The number of ether oxygens (including phenoxy) is 1. The molecule has 2 aromatic rings. The highest BCUT2D eigenvalue weighted by Crippen LogP contribution is 2.19. The largest absolute Gasteiger partial charge is 0.480 e. The summed E-state index contributed by atoms with van der Waals surface area (Å²) >= 11 is 11.8. The molecule has 1 aromatic carbocycles. The van der Waals surface area contributed by atoms with E-state index in [1.165, 1.54) is 25.7 Å². The molecule has 8 heteroatoms. The zero-order valence-electron chi connectivity index (χ0n) is 11.0. The minimum atomic E-state index is 0.114. The Morgan fingerprint density at radius 1 is 1.33 bits per heavy atom. The van der Waals surface area contributed by atoms with Crippen molar-refractivity contribution in [3.8, 4) is 5.88 Å². The van der Waals surface area contributed by atoms with E-state index in [0.717, 1.165) is 0 Å². The SMILES string of the molecule is COc1cncc(/C(N)=N/N=C/c2ccc(Cl)cc2Cl)n1. The Hall–Kier alpha value is -2.18. The topological polar surface area (TPSA) is 85.8 Å². The maximum absolute atomic E-state index is 6.01. The summed E-state index contributed by atoms with van der Waals surface area (Å²) in [5.41, 5.74) is 6.81. The van der Waals surface area contributed by atoms with Gasteiger partial charge in [-0.3, -0.25) is 4.98 Å². The van der Waals surface area contributed by atoms with Crippen LogP contribution in [0.4, 0.5) is 0 Å². The highest BCUT2D eigenvalue weighted by atomic mass is 35.5. The van der Waals surface area contributed by atoms with Crippen LogP contribution >= 0.6 is 23.2 Å². The highest BCUT2D eigenvalue weighted by Gasteiger charge is 2.03. The van der Waals surface area contributed by atoms with Gasteiger partial charge < -0.3 is 10.5 Å². The minimum Gasteiger partial charge on any atom is -0.480 e. The number of aromatic nitrogens is 2. The van der Waals surface area contributed by atoms with Crippen LogP contribution in [0, 0.1) is 0 Å². The van der Waals surface area contributed by atoms with Gasteiger partial charge in [0.05, 0.1) is 30.7 Å². The third-order valence-corrected chi connectivity index (χ3v) is 2.97. The molecule has 0 fully saturated rings. The van der Waals surface area contributed by atoms with Crippen molar-refractivity contribution in [1.29, 1.82) is 0 Å². The molecule has 0 amide bonds. The van der Waals surface area contributed by atoms with E-state index in [1.54, 1.807) is 18.2 Å². The van der Waals surface area contributed by atoms with E-state index in [-0.39, 0.29) is 5.84 Å². The molecular formula is C13H11Cl2N5O. The lowest BCUT2D eigenvalue weighted by molar-refractivity contribution is 0.395. The van der Waals surface area contributed by atoms with E-state index in [9.17, 15) is 0 Å². The molecule has 1 heterocycles. The summed E-state index contributed by atoms with van der Waals surface area (Å²) in [7, 11) is 1.49.